The van der Waals surface area contributed by atoms with E-state index in [9.17, 15) is 14.4 Å². The molecule has 5 nitrogen and oxygen atoms in total. The van der Waals surface area contributed by atoms with Crippen molar-refractivity contribution >= 4 is 45.7 Å². The number of carbonyl (C=O) groups is 3. The largest absolute Gasteiger partial charge is 0.347 e. The quantitative estimate of drug-likeness (QED) is 0.430. The lowest BCUT2D eigenvalue weighted by molar-refractivity contribution is -0.122. The van der Waals surface area contributed by atoms with E-state index in [1.165, 1.54) is 0 Å². The molecule has 146 valence electrons. The molecule has 0 spiro atoms. The van der Waals surface area contributed by atoms with Gasteiger partial charge in [-0.2, -0.15) is 0 Å². The molecule has 0 radical (unpaired) electrons. The number of nitrogens with zero attached hydrogens (tertiary/aromatic N) is 2. The van der Waals surface area contributed by atoms with Gasteiger partial charge < -0.3 is 4.57 Å². The van der Waals surface area contributed by atoms with Crippen molar-refractivity contribution in [1.29, 1.82) is 0 Å². The number of amides is 2. The van der Waals surface area contributed by atoms with E-state index >= 15 is 0 Å². The van der Waals surface area contributed by atoms with Gasteiger partial charge in [0, 0.05) is 34.8 Å². The number of carbonyl (C=O) groups excluding carboxylic acids is 3. The molecule has 2 heterocycles. The highest BCUT2D eigenvalue weighted by Gasteiger charge is 2.36. The Labute approximate surface area is 173 Å². The molecule has 6 heteroatoms. The number of aryl methyl sites for hydroxylation is 1. The first-order chi connectivity index (χ1) is 14.1. The number of benzene rings is 2. The number of thioether (sulfide) groups is 1. The van der Waals surface area contributed by atoms with Crippen LogP contribution in [0.4, 0.5) is 4.79 Å². The molecule has 3 aromatic rings. The number of Topliss-reactive ketones (excluding diaryl/α,β-unsaturated/α-hetero) is 1. The minimum Gasteiger partial charge on any atom is -0.347 e. The van der Waals surface area contributed by atoms with Gasteiger partial charge in [-0.25, -0.2) is 0 Å². The van der Waals surface area contributed by atoms with E-state index in [2.05, 4.69) is 11.5 Å². The lowest BCUT2D eigenvalue weighted by atomic mass is 10.1. The standard InChI is InChI=1S/C23H20N2O3S/c1-2-12-24-14-17(18-10-6-7-11-19(18)24)13-21-22(27)25(23(28)29-21)15-20(26)16-8-4-3-5-9-16/h3-11,13-14H,2,12,15H2,1H3/b21-13-. The van der Waals surface area contributed by atoms with Gasteiger partial charge in [-0.15, -0.1) is 0 Å². The Morgan fingerprint density at radius 1 is 1.03 bits per heavy atom. The number of aromatic nitrogens is 1. The lowest BCUT2D eigenvalue weighted by Crippen LogP contribution is -2.33. The molecule has 0 saturated carbocycles. The molecule has 1 saturated heterocycles. The Morgan fingerprint density at radius 3 is 2.52 bits per heavy atom. The fourth-order valence-electron chi connectivity index (χ4n) is 3.45. The van der Waals surface area contributed by atoms with Crippen molar-refractivity contribution in [3.05, 3.63) is 76.8 Å². The SMILES string of the molecule is CCCn1cc(/C=C2\SC(=O)N(CC(=O)c3ccccc3)C2=O)c2ccccc21. The summed E-state index contributed by atoms with van der Waals surface area (Å²) in [5.41, 5.74) is 2.48. The van der Waals surface area contributed by atoms with Crippen LogP contribution >= 0.6 is 11.8 Å². The van der Waals surface area contributed by atoms with Gasteiger partial charge in [0.15, 0.2) is 5.78 Å². The van der Waals surface area contributed by atoms with E-state index in [0.717, 1.165) is 46.1 Å². The topological polar surface area (TPSA) is 59.4 Å². The fourth-order valence-corrected chi connectivity index (χ4v) is 4.28. The molecule has 0 unspecified atom stereocenters. The van der Waals surface area contributed by atoms with Crippen molar-refractivity contribution in [2.24, 2.45) is 0 Å². The van der Waals surface area contributed by atoms with E-state index in [-0.39, 0.29) is 12.3 Å². The summed E-state index contributed by atoms with van der Waals surface area (Å²) in [6, 6.07) is 16.7. The Balaban J connectivity index is 1.61. The van der Waals surface area contributed by atoms with Crippen molar-refractivity contribution < 1.29 is 14.4 Å². The predicted octanol–water partition coefficient (Wildman–Crippen LogP) is 4.97. The zero-order chi connectivity index (χ0) is 20.4. The minimum absolute atomic E-state index is 0.246. The first kappa shape index (κ1) is 19.2. The van der Waals surface area contributed by atoms with Crippen LogP contribution in [0.2, 0.25) is 0 Å². The van der Waals surface area contributed by atoms with E-state index < -0.39 is 11.1 Å². The number of hydrogen-bond donors (Lipinski definition) is 0. The van der Waals surface area contributed by atoms with Crippen LogP contribution in [0.3, 0.4) is 0 Å². The molecule has 1 aromatic heterocycles. The summed E-state index contributed by atoms with van der Waals surface area (Å²) >= 11 is 0.882. The van der Waals surface area contributed by atoms with Gasteiger partial charge in [-0.05, 0) is 30.3 Å². The van der Waals surface area contributed by atoms with Gasteiger partial charge in [-0.3, -0.25) is 19.3 Å². The van der Waals surface area contributed by atoms with Crippen LogP contribution in [0.5, 0.6) is 0 Å². The van der Waals surface area contributed by atoms with Crippen LogP contribution in [0.15, 0.2) is 65.7 Å². The normalized spacial score (nSPS) is 15.6. The van der Waals surface area contributed by atoms with Crippen LogP contribution in [0.1, 0.15) is 29.3 Å². The Morgan fingerprint density at radius 2 is 1.76 bits per heavy atom. The molecular formula is C23H20N2O3S. The second kappa shape index (κ2) is 8.09. The van der Waals surface area contributed by atoms with Crippen molar-refractivity contribution in [3.63, 3.8) is 0 Å². The summed E-state index contributed by atoms with van der Waals surface area (Å²) in [5, 5.41) is 0.621. The molecule has 29 heavy (non-hydrogen) atoms. The van der Waals surface area contributed by atoms with E-state index in [4.69, 9.17) is 0 Å². The van der Waals surface area contributed by atoms with E-state index in [1.807, 2.05) is 36.5 Å². The second-order valence-corrected chi connectivity index (χ2v) is 7.85. The lowest BCUT2D eigenvalue weighted by Gasteiger charge is -2.11. The number of para-hydroxylation sites is 1. The summed E-state index contributed by atoms with van der Waals surface area (Å²) in [6.45, 7) is 2.74. The van der Waals surface area contributed by atoms with Crippen molar-refractivity contribution in [2.75, 3.05) is 6.54 Å². The summed E-state index contributed by atoms with van der Waals surface area (Å²) < 4.78 is 2.16. The average molecular weight is 404 g/mol. The van der Waals surface area contributed by atoms with Gasteiger partial charge in [0.2, 0.25) is 0 Å². The highest BCUT2D eigenvalue weighted by molar-refractivity contribution is 8.18. The van der Waals surface area contributed by atoms with Crippen LogP contribution in [-0.4, -0.2) is 32.9 Å². The number of rotatable bonds is 6. The third kappa shape index (κ3) is 3.76. The Bertz CT molecular complexity index is 1130. The summed E-state index contributed by atoms with van der Waals surface area (Å²) in [7, 11) is 0. The third-order valence-electron chi connectivity index (χ3n) is 4.84. The highest BCUT2D eigenvalue weighted by atomic mass is 32.2. The fraction of sp³-hybridized carbons (Fsp3) is 0.174. The Hall–Kier alpha value is -3.12. The summed E-state index contributed by atoms with van der Waals surface area (Å²) in [4.78, 5) is 39.0. The number of hydrogen-bond acceptors (Lipinski definition) is 4. The molecule has 4 rings (SSSR count). The molecule has 1 aliphatic rings. The van der Waals surface area contributed by atoms with Crippen molar-refractivity contribution in [2.45, 2.75) is 19.9 Å². The molecule has 0 aliphatic carbocycles. The van der Waals surface area contributed by atoms with Gasteiger partial charge in [-0.1, -0.05) is 55.5 Å². The molecule has 0 atom stereocenters. The monoisotopic (exact) mass is 404 g/mol. The highest BCUT2D eigenvalue weighted by Crippen LogP contribution is 2.34. The summed E-state index contributed by atoms with van der Waals surface area (Å²) in [5.74, 6) is -0.676. The maximum Gasteiger partial charge on any atom is 0.293 e. The predicted molar refractivity (Wildman–Crippen MR) is 116 cm³/mol. The Kier molecular flexibility index (Phi) is 5.36. The van der Waals surface area contributed by atoms with Crippen molar-refractivity contribution in [1.82, 2.24) is 9.47 Å². The maximum atomic E-state index is 12.8. The zero-order valence-electron chi connectivity index (χ0n) is 16.0. The summed E-state index contributed by atoms with van der Waals surface area (Å²) in [6.07, 6.45) is 4.76. The second-order valence-electron chi connectivity index (χ2n) is 6.85. The van der Waals surface area contributed by atoms with Crippen LogP contribution < -0.4 is 0 Å². The molecule has 0 N–H and O–H groups in total. The van der Waals surface area contributed by atoms with Crippen LogP contribution in [0, 0.1) is 0 Å². The maximum absolute atomic E-state index is 12.8. The number of ketones is 1. The first-order valence-corrected chi connectivity index (χ1v) is 10.3. The minimum atomic E-state index is -0.420. The first-order valence-electron chi connectivity index (χ1n) is 9.50. The third-order valence-corrected chi connectivity index (χ3v) is 5.75. The molecule has 0 bridgehead atoms. The van der Waals surface area contributed by atoms with Gasteiger partial charge in [0.1, 0.15) is 0 Å². The molecular weight excluding hydrogens is 384 g/mol. The van der Waals surface area contributed by atoms with Crippen LogP contribution in [0.25, 0.3) is 17.0 Å². The molecule has 2 aromatic carbocycles. The molecule has 2 amide bonds. The molecule has 1 aliphatic heterocycles. The molecule has 1 fully saturated rings. The van der Waals surface area contributed by atoms with Gasteiger partial charge in [0.25, 0.3) is 11.1 Å². The van der Waals surface area contributed by atoms with Crippen molar-refractivity contribution in [3.8, 4) is 0 Å². The van der Waals surface area contributed by atoms with Crippen LogP contribution in [-0.2, 0) is 11.3 Å². The zero-order valence-corrected chi connectivity index (χ0v) is 16.8. The average Bonchev–Trinajstić information content (AvgIpc) is 3.21. The van der Waals surface area contributed by atoms with Gasteiger partial charge in [0.05, 0.1) is 11.4 Å². The van der Waals surface area contributed by atoms with E-state index in [0.29, 0.717) is 10.5 Å². The smallest absolute Gasteiger partial charge is 0.293 e. The number of fused-ring (bicyclic) bond motifs is 1. The van der Waals surface area contributed by atoms with E-state index in [1.54, 1.807) is 30.3 Å². The van der Waals surface area contributed by atoms with Gasteiger partial charge >= 0.3 is 0 Å². The number of imide groups is 1.